The van der Waals surface area contributed by atoms with Crippen molar-refractivity contribution in [1.29, 1.82) is 0 Å². The van der Waals surface area contributed by atoms with Gasteiger partial charge in [0.25, 0.3) is 5.56 Å². The fourth-order valence-corrected chi connectivity index (χ4v) is 1.93. The molecule has 0 radical (unpaired) electrons. The number of nitrogens with zero attached hydrogens (tertiary/aromatic N) is 2. The van der Waals surface area contributed by atoms with Crippen LogP contribution in [0.1, 0.15) is 6.92 Å². The first-order valence-electron chi connectivity index (χ1n) is 5.20. The normalized spacial score (nSPS) is 10.5. The highest BCUT2D eigenvalue weighted by Crippen LogP contribution is 2.30. The number of aromatic nitrogens is 2. The summed E-state index contributed by atoms with van der Waals surface area (Å²) in [5.74, 6) is -0.120. The minimum Gasteiger partial charge on any atom is -0.504 e. The third kappa shape index (κ3) is 2.10. The van der Waals surface area contributed by atoms with Crippen LogP contribution < -0.4 is 5.56 Å². The number of halogens is 1. The molecule has 2 aromatic rings. The van der Waals surface area contributed by atoms with E-state index in [1.54, 1.807) is 0 Å². The molecule has 0 unspecified atom stereocenters. The highest BCUT2D eigenvalue weighted by atomic mass is 79.9. The molecule has 0 amide bonds. The summed E-state index contributed by atoms with van der Waals surface area (Å²) in [4.78, 5) is 11.7. The molecule has 17 heavy (non-hydrogen) atoms. The van der Waals surface area contributed by atoms with E-state index in [0.717, 1.165) is 5.56 Å². The molecule has 1 aromatic heterocycles. The van der Waals surface area contributed by atoms with E-state index in [4.69, 9.17) is 0 Å². The lowest BCUT2D eigenvalue weighted by Gasteiger charge is -2.08. The average Bonchev–Trinajstić information content (AvgIpc) is 2.37. The summed E-state index contributed by atoms with van der Waals surface area (Å²) in [5.41, 5.74) is 0.844. The van der Waals surface area contributed by atoms with E-state index in [9.17, 15) is 9.90 Å². The summed E-state index contributed by atoms with van der Waals surface area (Å²) < 4.78 is 1.46. The third-order valence-corrected chi connectivity index (χ3v) is 3.14. The van der Waals surface area contributed by atoms with E-state index in [1.807, 2.05) is 37.3 Å². The van der Waals surface area contributed by atoms with Gasteiger partial charge in [-0.15, -0.1) is 0 Å². The minimum absolute atomic E-state index is 0.120. The molecule has 0 atom stereocenters. The molecule has 88 valence electrons. The van der Waals surface area contributed by atoms with Crippen LogP contribution in [0.25, 0.3) is 11.3 Å². The summed E-state index contributed by atoms with van der Waals surface area (Å²) in [6.07, 6.45) is 0. The van der Waals surface area contributed by atoms with E-state index in [2.05, 4.69) is 21.0 Å². The van der Waals surface area contributed by atoms with Crippen molar-refractivity contribution in [3.8, 4) is 17.0 Å². The zero-order chi connectivity index (χ0) is 12.4. The smallest absolute Gasteiger partial charge is 0.284 e. The Bertz CT molecular complexity index is 593. The number of aromatic hydroxyl groups is 1. The molecule has 0 aliphatic carbocycles. The van der Waals surface area contributed by atoms with Gasteiger partial charge in [0.2, 0.25) is 0 Å². The summed E-state index contributed by atoms with van der Waals surface area (Å²) in [5, 5.41) is 14.1. The van der Waals surface area contributed by atoms with Crippen LogP contribution >= 0.6 is 15.9 Å². The molecule has 0 saturated heterocycles. The molecule has 4 nitrogen and oxygen atoms in total. The SMILES string of the molecule is CCn1nc(-c2ccccc2)c(O)c(Br)c1=O. The van der Waals surface area contributed by atoms with Gasteiger partial charge in [-0.25, -0.2) is 4.68 Å². The minimum atomic E-state index is -0.329. The second kappa shape index (κ2) is 4.71. The maximum Gasteiger partial charge on any atom is 0.284 e. The van der Waals surface area contributed by atoms with Gasteiger partial charge in [0.15, 0.2) is 5.75 Å². The Morgan fingerprint density at radius 2 is 2.00 bits per heavy atom. The number of hydrogen-bond donors (Lipinski definition) is 1. The summed E-state index contributed by atoms with van der Waals surface area (Å²) in [6.45, 7) is 2.28. The van der Waals surface area contributed by atoms with Crippen LogP contribution in [-0.4, -0.2) is 14.9 Å². The van der Waals surface area contributed by atoms with Crippen molar-refractivity contribution in [3.63, 3.8) is 0 Å². The lowest BCUT2D eigenvalue weighted by molar-refractivity contribution is 0.460. The average molecular weight is 295 g/mol. The van der Waals surface area contributed by atoms with Crippen molar-refractivity contribution < 1.29 is 5.11 Å². The van der Waals surface area contributed by atoms with Crippen LogP contribution in [0.2, 0.25) is 0 Å². The van der Waals surface area contributed by atoms with Gasteiger partial charge in [-0.05, 0) is 22.9 Å². The van der Waals surface area contributed by atoms with Crippen LogP contribution in [0.5, 0.6) is 5.75 Å². The van der Waals surface area contributed by atoms with E-state index in [1.165, 1.54) is 4.68 Å². The molecule has 0 bridgehead atoms. The second-order valence-electron chi connectivity index (χ2n) is 3.50. The molecule has 1 heterocycles. The predicted octanol–water partition coefficient (Wildman–Crippen LogP) is 2.40. The molecule has 0 aliphatic rings. The second-order valence-corrected chi connectivity index (χ2v) is 4.29. The number of hydrogen-bond acceptors (Lipinski definition) is 3. The van der Waals surface area contributed by atoms with Gasteiger partial charge in [0, 0.05) is 12.1 Å². The van der Waals surface area contributed by atoms with Crippen molar-refractivity contribution in [2.24, 2.45) is 0 Å². The number of rotatable bonds is 2. The van der Waals surface area contributed by atoms with Crippen LogP contribution in [0, 0.1) is 0 Å². The van der Waals surface area contributed by atoms with Crippen molar-refractivity contribution in [2.45, 2.75) is 13.5 Å². The fourth-order valence-electron chi connectivity index (χ4n) is 1.54. The van der Waals surface area contributed by atoms with Crippen molar-refractivity contribution in [3.05, 3.63) is 45.2 Å². The Labute approximate surface area is 107 Å². The summed E-state index contributed by atoms with van der Waals surface area (Å²) >= 11 is 3.10. The zero-order valence-electron chi connectivity index (χ0n) is 9.22. The standard InChI is InChI=1S/C12H11BrN2O2/c1-2-15-12(17)9(13)11(16)10(14-15)8-6-4-3-5-7-8/h3-7,16H,2H2,1H3. The monoisotopic (exact) mass is 294 g/mol. The van der Waals surface area contributed by atoms with Gasteiger partial charge in [0.1, 0.15) is 10.2 Å². The van der Waals surface area contributed by atoms with Gasteiger partial charge < -0.3 is 5.11 Å². The number of benzene rings is 1. The van der Waals surface area contributed by atoms with Crippen LogP contribution in [0.3, 0.4) is 0 Å². The first-order chi connectivity index (χ1) is 8.15. The quantitative estimate of drug-likeness (QED) is 0.925. The first kappa shape index (κ1) is 11.9. The molecule has 5 heteroatoms. The highest BCUT2D eigenvalue weighted by molar-refractivity contribution is 9.10. The van der Waals surface area contributed by atoms with Gasteiger partial charge in [0.05, 0.1) is 0 Å². The maximum absolute atomic E-state index is 11.7. The summed E-state index contributed by atoms with van der Waals surface area (Å²) in [7, 11) is 0. The van der Waals surface area contributed by atoms with E-state index in [0.29, 0.717) is 12.2 Å². The Morgan fingerprint density at radius 1 is 1.35 bits per heavy atom. The lowest BCUT2D eigenvalue weighted by Crippen LogP contribution is -2.23. The number of aryl methyl sites for hydroxylation is 1. The predicted molar refractivity (Wildman–Crippen MR) is 69.0 cm³/mol. The van der Waals surface area contributed by atoms with E-state index >= 15 is 0 Å². The Balaban J connectivity index is 2.71. The van der Waals surface area contributed by atoms with Crippen LogP contribution in [0.15, 0.2) is 39.6 Å². The molecule has 1 N–H and O–H groups in total. The van der Waals surface area contributed by atoms with E-state index < -0.39 is 0 Å². The largest absolute Gasteiger partial charge is 0.504 e. The topological polar surface area (TPSA) is 55.1 Å². The van der Waals surface area contributed by atoms with Gasteiger partial charge in [-0.3, -0.25) is 4.79 Å². The molecule has 0 saturated carbocycles. The van der Waals surface area contributed by atoms with Crippen molar-refractivity contribution in [1.82, 2.24) is 9.78 Å². The van der Waals surface area contributed by atoms with Crippen molar-refractivity contribution in [2.75, 3.05) is 0 Å². The van der Waals surface area contributed by atoms with Crippen LogP contribution in [-0.2, 0) is 6.54 Å². The molecule has 1 aromatic carbocycles. The molecule has 0 spiro atoms. The van der Waals surface area contributed by atoms with Gasteiger partial charge in [-0.2, -0.15) is 5.10 Å². The molecular formula is C12H11BrN2O2. The third-order valence-electron chi connectivity index (χ3n) is 2.42. The Kier molecular flexibility index (Phi) is 3.28. The van der Waals surface area contributed by atoms with Gasteiger partial charge >= 0.3 is 0 Å². The molecule has 0 fully saturated rings. The first-order valence-corrected chi connectivity index (χ1v) is 5.99. The fraction of sp³-hybridized carbons (Fsp3) is 0.167. The van der Waals surface area contributed by atoms with Gasteiger partial charge in [-0.1, -0.05) is 30.3 Å². The zero-order valence-corrected chi connectivity index (χ0v) is 10.8. The van der Waals surface area contributed by atoms with E-state index in [-0.39, 0.29) is 15.8 Å². The molecule has 0 aliphatic heterocycles. The molecule has 2 rings (SSSR count). The van der Waals surface area contributed by atoms with Crippen molar-refractivity contribution >= 4 is 15.9 Å². The Hall–Kier alpha value is -1.62. The Morgan fingerprint density at radius 3 is 2.59 bits per heavy atom. The maximum atomic E-state index is 11.7. The highest BCUT2D eigenvalue weighted by Gasteiger charge is 2.15. The molecular weight excluding hydrogens is 284 g/mol. The lowest BCUT2D eigenvalue weighted by atomic mass is 10.1. The summed E-state index contributed by atoms with van der Waals surface area (Å²) in [6, 6.07) is 9.25. The van der Waals surface area contributed by atoms with Crippen LogP contribution in [0.4, 0.5) is 0 Å².